The molecule has 0 bridgehead atoms. The molecule has 0 N–H and O–H groups in total. The lowest BCUT2D eigenvalue weighted by atomic mass is 10.3. The fourth-order valence-electron chi connectivity index (χ4n) is 1.40. The first-order valence-electron chi connectivity index (χ1n) is 5.04. The van der Waals surface area contributed by atoms with Gasteiger partial charge in [0.1, 0.15) is 0 Å². The molecule has 2 heterocycles. The van der Waals surface area contributed by atoms with Crippen molar-refractivity contribution in [1.29, 1.82) is 5.26 Å². The summed E-state index contributed by atoms with van der Waals surface area (Å²) in [5.74, 6) is 0. The highest BCUT2D eigenvalue weighted by molar-refractivity contribution is 7.15. The average molecular weight is 229 g/mol. The van der Waals surface area contributed by atoms with E-state index >= 15 is 0 Å². The lowest BCUT2D eigenvalue weighted by Crippen LogP contribution is -1.73. The molecule has 0 atom stereocenters. The fraction of sp³-hybridized carbons (Fsp3) is 0.167. The van der Waals surface area contributed by atoms with Gasteiger partial charge in [0.15, 0.2) is 4.96 Å². The summed E-state index contributed by atoms with van der Waals surface area (Å²) >= 11 is 1.66. The van der Waals surface area contributed by atoms with Gasteiger partial charge in [-0.3, -0.25) is 4.40 Å². The normalized spacial score (nSPS) is 9.75. The molecule has 1 aromatic carbocycles. The average Bonchev–Trinajstić information content (AvgIpc) is 2.89. The third-order valence-electron chi connectivity index (χ3n) is 2.10. The molecule has 0 saturated carbocycles. The second kappa shape index (κ2) is 4.77. The van der Waals surface area contributed by atoms with Gasteiger partial charge in [-0.15, -0.1) is 11.3 Å². The van der Waals surface area contributed by atoms with Gasteiger partial charge < -0.3 is 0 Å². The van der Waals surface area contributed by atoms with Crippen LogP contribution in [0.15, 0.2) is 35.8 Å². The molecule has 0 aliphatic carbocycles. The number of nitriles is 1. The summed E-state index contributed by atoms with van der Waals surface area (Å²) in [6, 6.07) is 10.1. The Hall–Kier alpha value is -1.86. The summed E-state index contributed by atoms with van der Waals surface area (Å²) in [6.07, 6.45) is 2.68. The lowest BCUT2D eigenvalue weighted by Gasteiger charge is -1.86. The van der Waals surface area contributed by atoms with E-state index in [4.69, 9.17) is 5.26 Å². The second-order valence-electron chi connectivity index (χ2n) is 3.17. The van der Waals surface area contributed by atoms with Crippen molar-refractivity contribution in [2.45, 2.75) is 13.3 Å². The molecule has 4 heteroatoms. The number of nitrogens with zero attached hydrogens (tertiary/aromatic N) is 3. The monoisotopic (exact) mass is 229 g/mol. The molecular formula is C12H11N3S. The van der Waals surface area contributed by atoms with E-state index in [1.54, 1.807) is 11.3 Å². The van der Waals surface area contributed by atoms with Crippen molar-refractivity contribution in [1.82, 2.24) is 9.38 Å². The van der Waals surface area contributed by atoms with E-state index in [-0.39, 0.29) is 0 Å². The van der Waals surface area contributed by atoms with Crippen LogP contribution in [0.4, 0.5) is 0 Å². The summed E-state index contributed by atoms with van der Waals surface area (Å²) in [7, 11) is 0. The molecule has 3 aromatic rings. The molecule has 0 fully saturated rings. The summed E-state index contributed by atoms with van der Waals surface area (Å²) in [6.45, 7) is 1.82. The zero-order chi connectivity index (χ0) is 11.4. The van der Waals surface area contributed by atoms with Crippen LogP contribution >= 0.6 is 11.3 Å². The number of aromatic nitrogens is 2. The Morgan fingerprint density at radius 2 is 2.19 bits per heavy atom. The predicted octanol–water partition coefficient (Wildman–Crippen LogP) is 3.47. The SMILES string of the molecule is CCC#N.c1ccc2c(c1)nc1sccn12. The van der Waals surface area contributed by atoms with Gasteiger partial charge in [0, 0.05) is 18.0 Å². The molecule has 0 saturated heterocycles. The Morgan fingerprint density at radius 1 is 1.44 bits per heavy atom. The van der Waals surface area contributed by atoms with Crippen molar-refractivity contribution in [2.24, 2.45) is 0 Å². The number of benzene rings is 1. The first-order chi connectivity index (χ1) is 7.86. The van der Waals surface area contributed by atoms with E-state index in [9.17, 15) is 0 Å². The van der Waals surface area contributed by atoms with E-state index in [2.05, 4.69) is 27.0 Å². The second-order valence-corrected chi connectivity index (χ2v) is 4.04. The summed E-state index contributed by atoms with van der Waals surface area (Å²) < 4.78 is 2.11. The van der Waals surface area contributed by atoms with E-state index in [0.29, 0.717) is 6.42 Å². The number of hydrogen-bond donors (Lipinski definition) is 0. The molecule has 16 heavy (non-hydrogen) atoms. The van der Waals surface area contributed by atoms with Gasteiger partial charge in [0.25, 0.3) is 0 Å². The van der Waals surface area contributed by atoms with Crippen molar-refractivity contribution in [3.8, 4) is 6.07 Å². The molecule has 80 valence electrons. The third kappa shape index (κ3) is 1.90. The molecule has 0 unspecified atom stereocenters. The maximum absolute atomic E-state index is 7.62. The number of imidazole rings is 1. The zero-order valence-corrected chi connectivity index (χ0v) is 9.74. The third-order valence-corrected chi connectivity index (χ3v) is 2.86. The van der Waals surface area contributed by atoms with Gasteiger partial charge in [-0.2, -0.15) is 5.26 Å². The van der Waals surface area contributed by atoms with E-state index in [1.165, 1.54) is 5.52 Å². The van der Waals surface area contributed by atoms with Gasteiger partial charge in [-0.1, -0.05) is 19.1 Å². The summed E-state index contributed by atoms with van der Waals surface area (Å²) in [4.78, 5) is 5.52. The Labute approximate surface area is 97.6 Å². The smallest absolute Gasteiger partial charge is 0.194 e. The van der Waals surface area contributed by atoms with Crippen molar-refractivity contribution in [2.75, 3.05) is 0 Å². The Balaban J connectivity index is 0.000000212. The minimum absolute atomic E-state index is 0.625. The zero-order valence-electron chi connectivity index (χ0n) is 8.92. The Morgan fingerprint density at radius 3 is 2.94 bits per heavy atom. The molecule has 3 nitrogen and oxygen atoms in total. The minimum atomic E-state index is 0.625. The summed E-state index contributed by atoms with van der Waals surface area (Å²) in [5.41, 5.74) is 2.26. The van der Waals surface area contributed by atoms with Crippen LogP contribution in [0, 0.1) is 11.3 Å². The molecule has 3 rings (SSSR count). The van der Waals surface area contributed by atoms with Crippen LogP contribution in [0.3, 0.4) is 0 Å². The predicted molar refractivity (Wildman–Crippen MR) is 66.5 cm³/mol. The van der Waals surface area contributed by atoms with Crippen LogP contribution in [0.25, 0.3) is 16.0 Å². The molecule has 0 spiro atoms. The van der Waals surface area contributed by atoms with Crippen LogP contribution in [0.2, 0.25) is 0 Å². The fourth-order valence-corrected chi connectivity index (χ4v) is 2.13. The molecule has 0 radical (unpaired) electrons. The van der Waals surface area contributed by atoms with Crippen LogP contribution in [-0.4, -0.2) is 9.38 Å². The van der Waals surface area contributed by atoms with E-state index in [0.717, 1.165) is 10.5 Å². The number of thiazole rings is 1. The van der Waals surface area contributed by atoms with Crippen LogP contribution in [-0.2, 0) is 0 Å². The van der Waals surface area contributed by atoms with Gasteiger partial charge in [0.05, 0.1) is 17.1 Å². The maximum Gasteiger partial charge on any atom is 0.194 e. The van der Waals surface area contributed by atoms with Crippen LogP contribution < -0.4 is 0 Å². The van der Waals surface area contributed by atoms with Crippen LogP contribution in [0.1, 0.15) is 13.3 Å². The quantitative estimate of drug-likeness (QED) is 0.592. The molecule has 0 aliphatic rings. The van der Waals surface area contributed by atoms with Gasteiger partial charge >= 0.3 is 0 Å². The highest BCUT2D eigenvalue weighted by Gasteiger charge is 2.02. The lowest BCUT2D eigenvalue weighted by molar-refractivity contribution is 1.22. The number of rotatable bonds is 0. The van der Waals surface area contributed by atoms with Crippen molar-refractivity contribution in [3.05, 3.63) is 35.8 Å². The minimum Gasteiger partial charge on any atom is -0.290 e. The number of hydrogen-bond acceptors (Lipinski definition) is 3. The van der Waals surface area contributed by atoms with Crippen LogP contribution in [0.5, 0.6) is 0 Å². The van der Waals surface area contributed by atoms with Gasteiger partial charge in [-0.25, -0.2) is 4.98 Å². The van der Waals surface area contributed by atoms with Crippen molar-refractivity contribution < 1.29 is 0 Å². The highest BCUT2D eigenvalue weighted by Crippen LogP contribution is 2.19. The van der Waals surface area contributed by atoms with Gasteiger partial charge in [0.2, 0.25) is 0 Å². The van der Waals surface area contributed by atoms with E-state index < -0.39 is 0 Å². The topological polar surface area (TPSA) is 41.1 Å². The molecule has 0 aliphatic heterocycles. The first-order valence-corrected chi connectivity index (χ1v) is 5.92. The number of para-hydroxylation sites is 2. The van der Waals surface area contributed by atoms with Gasteiger partial charge in [-0.05, 0) is 12.1 Å². The molecule has 2 aromatic heterocycles. The molecular weight excluding hydrogens is 218 g/mol. The number of fused-ring (bicyclic) bond motifs is 3. The standard InChI is InChI=1S/C9H6N2S.C3H5N/c1-2-4-8-7(3-1)10-9-11(8)5-6-12-9;1-2-3-4/h1-6H;2H2,1H3. The molecule has 0 amide bonds. The van der Waals surface area contributed by atoms with E-state index in [1.807, 2.05) is 31.2 Å². The highest BCUT2D eigenvalue weighted by atomic mass is 32.1. The van der Waals surface area contributed by atoms with Crippen molar-refractivity contribution >= 4 is 27.3 Å². The first kappa shape index (κ1) is 10.7. The summed E-state index contributed by atoms with van der Waals surface area (Å²) in [5, 5.41) is 9.68. The Bertz CT molecular complexity index is 629. The van der Waals surface area contributed by atoms with Crippen molar-refractivity contribution in [3.63, 3.8) is 0 Å². The largest absolute Gasteiger partial charge is 0.290 e. The maximum atomic E-state index is 7.62. The Kier molecular flexibility index (Phi) is 3.18.